The minimum atomic E-state index is -0.0660. The summed E-state index contributed by atoms with van der Waals surface area (Å²) in [6.45, 7) is 4.92. The molecule has 2 aromatic rings. The van der Waals surface area contributed by atoms with Gasteiger partial charge in [-0.05, 0) is 5.92 Å². The van der Waals surface area contributed by atoms with E-state index in [0.29, 0.717) is 23.9 Å². The number of amides is 1. The minimum absolute atomic E-state index is 0.0660. The van der Waals surface area contributed by atoms with Crippen LogP contribution in [0.4, 0.5) is 11.8 Å². The fraction of sp³-hybridized carbons (Fsp3) is 0.500. The summed E-state index contributed by atoms with van der Waals surface area (Å²) in [7, 11) is 1.78. The van der Waals surface area contributed by atoms with Crippen LogP contribution in [0.3, 0.4) is 0 Å². The lowest BCUT2D eigenvalue weighted by molar-refractivity contribution is -0.119. The SMILES string of the molecule is CC(C)CNC(=O)CN(C)c1nc(NN)nc2[nH]ncc12. The number of hydrogen-bond donors (Lipinski definition) is 4. The van der Waals surface area contributed by atoms with Gasteiger partial charge < -0.3 is 10.2 Å². The van der Waals surface area contributed by atoms with Gasteiger partial charge >= 0.3 is 0 Å². The fourth-order valence-corrected chi connectivity index (χ4v) is 1.84. The molecule has 0 saturated heterocycles. The first-order valence-corrected chi connectivity index (χ1v) is 6.66. The van der Waals surface area contributed by atoms with Crippen molar-refractivity contribution in [1.29, 1.82) is 0 Å². The highest BCUT2D eigenvalue weighted by Gasteiger charge is 2.15. The number of nitrogen functional groups attached to an aromatic ring is 1. The first kappa shape index (κ1) is 15.0. The number of fused-ring (bicyclic) bond motifs is 1. The number of aromatic nitrogens is 4. The van der Waals surface area contributed by atoms with Crippen LogP contribution >= 0.6 is 0 Å². The minimum Gasteiger partial charge on any atom is -0.354 e. The van der Waals surface area contributed by atoms with Crippen molar-refractivity contribution in [2.24, 2.45) is 11.8 Å². The molecule has 5 N–H and O–H groups in total. The monoisotopic (exact) mass is 292 g/mol. The van der Waals surface area contributed by atoms with Crippen LogP contribution in [0.5, 0.6) is 0 Å². The molecular formula is C12H20N8O. The number of nitrogens with two attached hydrogens (primary N) is 1. The van der Waals surface area contributed by atoms with E-state index in [-0.39, 0.29) is 18.4 Å². The molecule has 0 bridgehead atoms. The molecule has 0 aromatic carbocycles. The predicted molar refractivity (Wildman–Crippen MR) is 80.6 cm³/mol. The maximum Gasteiger partial charge on any atom is 0.241 e. The molecule has 0 saturated carbocycles. The largest absolute Gasteiger partial charge is 0.354 e. The van der Waals surface area contributed by atoms with E-state index in [0.717, 1.165) is 5.39 Å². The van der Waals surface area contributed by atoms with Crippen LogP contribution < -0.4 is 21.5 Å². The molecule has 2 heterocycles. The molecule has 0 aliphatic rings. The number of H-pyrrole nitrogens is 1. The van der Waals surface area contributed by atoms with Gasteiger partial charge in [-0.25, -0.2) is 5.84 Å². The number of nitrogens with one attached hydrogen (secondary N) is 3. The Morgan fingerprint density at radius 2 is 2.24 bits per heavy atom. The van der Waals surface area contributed by atoms with E-state index >= 15 is 0 Å². The van der Waals surface area contributed by atoms with Gasteiger partial charge in [0.05, 0.1) is 18.1 Å². The van der Waals surface area contributed by atoms with Crippen LogP contribution in [-0.2, 0) is 4.79 Å². The maximum absolute atomic E-state index is 11.9. The van der Waals surface area contributed by atoms with Gasteiger partial charge in [-0.2, -0.15) is 15.1 Å². The Kier molecular flexibility index (Phi) is 4.53. The normalized spacial score (nSPS) is 10.9. The molecule has 21 heavy (non-hydrogen) atoms. The van der Waals surface area contributed by atoms with Gasteiger partial charge in [0.1, 0.15) is 5.82 Å². The maximum atomic E-state index is 11.9. The van der Waals surface area contributed by atoms with Crippen molar-refractivity contribution in [3.8, 4) is 0 Å². The summed E-state index contributed by atoms with van der Waals surface area (Å²) >= 11 is 0. The number of aromatic amines is 1. The highest BCUT2D eigenvalue weighted by atomic mass is 16.2. The van der Waals surface area contributed by atoms with Gasteiger partial charge in [-0.3, -0.25) is 15.3 Å². The van der Waals surface area contributed by atoms with Gasteiger partial charge in [-0.1, -0.05) is 13.8 Å². The highest BCUT2D eigenvalue weighted by Crippen LogP contribution is 2.22. The number of hydrazine groups is 1. The van der Waals surface area contributed by atoms with E-state index in [1.165, 1.54) is 0 Å². The number of carbonyl (C=O) groups is 1. The van der Waals surface area contributed by atoms with E-state index in [4.69, 9.17) is 5.84 Å². The van der Waals surface area contributed by atoms with Crippen molar-refractivity contribution in [1.82, 2.24) is 25.5 Å². The van der Waals surface area contributed by atoms with E-state index in [1.807, 2.05) is 13.8 Å². The smallest absolute Gasteiger partial charge is 0.241 e. The van der Waals surface area contributed by atoms with Crippen molar-refractivity contribution in [3.05, 3.63) is 6.20 Å². The van der Waals surface area contributed by atoms with E-state index in [9.17, 15) is 4.79 Å². The zero-order chi connectivity index (χ0) is 15.4. The molecule has 0 atom stereocenters. The average molecular weight is 292 g/mol. The standard InChI is InChI=1S/C12H20N8O/c1-7(2)4-14-9(21)6-20(3)11-8-5-15-19-10(8)16-12(17-11)18-13/h5,7H,4,6,13H2,1-3H3,(H,14,21)(H2,15,16,17,18,19). The zero-order valence-electron chi connectivity index (χ0n) is 12.3. The van der Waals surface area contributed by atoms with E-state index in [1.54, 1.807) is 18.1 Å². The van der Waals surface area contributed by atoms with Crippen molar-refractivity contribution in [3.63, 3.8) is 0 Å². The molecule has 0 radical (unpaired) electrons. The third-order valence-electron chi connectivity index (χ3n) is 2.87. The fourth-order valence-electron chi connectivity index (χ4n) is 1.84. The number of hydrogen-bond acceptors (Lipinski definition) is 7. The topological polar surface area (TPSA) is 125 Å². The summed E-state index contributed by atoms with van der Waals surface area (Å²) in [5.41, 5.74) is 2.96. The van der Waals surface area contributed by atoms with Gasteiger partial charge in [0, 0.05) is 13.6 Å². The average Bonchev–Trinajstić information content (AvgIpc) is 2.91. The number of carbonyl (C=O) groups excluding carboxylic acids is 1. The summed E-state index contributed by atoms with van der Waals surface area (Å²) in [6.07, 6.45) is 1.62. The molecule has 0 aliphatic carbocycles. The Hall–Kier alpha value is -2.42. The van der Waals surface area contributed by atoms with Crippen LogP contribution in [0.15, 0.2) is 6.20 Å². The predicted octanol–water partition coefficient (Wildman–Crippen LogP) is -0.153. The first-order valence-electron chi connectivity index (χ1n) is 6.66. The zero-order valence-corrected chi connectivity index (χ0v) is 12.3. The van der Waals surface area contributed by atoms with Crippen molar-refractivity contribution in [2.45, 2.75) is 13.8 Å². The molecule has 0 aliphatic heterocycles. The van der Waals surface area contributed by atoms with Crippen LogP contribution in [0.1, 0.15) is 13.8 Å². The Morgan fingerprint density at radius 3 is 2.90 bits per heavy atom. The van der Waals surface area contributed by atoms with Crippen LogP contribution in [0, 0.1) is 5.92 Å². The Bertz CT molecular complexity index is 623. The lowest BCUT2D eigenvalue weighted by Crippen LogP contribution is -2.37. The van der Waals surface area contributed by atoms with Gasteiger partial charge in [-0.15, -0.1) is 0 Å². The van der Waals surface area contributed by atoms with Crippen LogP contribution in [-0.4, -0.2) is 46.2 Å². The molecule has 1 amide bonds. The number of likely N-dealkylation sites (N-methyl/N-ethyl adjacent to an activating group) is 1. The highest BCUT2D eigenvalue weighted by molar-refractivity contribution is 5.90. The molecule has 9 heteroatoms. The number of rotatable bonds is 6. The summed E-state index contributed by atoms with van der Waals surface area (Å²) in [6, 6.07) is 0. The molecule has 0 unspecified atom stereocenters. The van der Waals surface area contributed by atoms with Crippen molar-refractivity contribution >= 4 is 28.7 Å². The molecule has 2 aromatic heterocycles. The third kappa shape index (κ3) is 3.57. The number of nitrogens with zero attached hydrogens (tertiary/aromatic N) is 4. The van der Waals surface area contributed by atoms with Crippen LogP contribution in [0.2, 0.25) is 0 Å². The Morgan fingerprint density at radius 1 is 1.48 bits per heavy atom. The lowest BCUT2D eigenvalue weighted by atomic mass is 10.2. The second-order valence-corrected chi connectivity index (χ2v) is 5.20. The van der Waals surface area contributed by atoms with Crippen molar-refractivity contribution in [2.75, 3.05) is 30.5 Å². The van der Waals surface area contributed by atoms with Crippen molar-refractivity contribution < 1.29 is 4.79 Å². The Labute approximate surface area is 122 Å². The Balaban J connectivity index is 2.16. The van der Waals surface area contributed by atoms with Gasteiger partial charge in [0.25, 0.3) is 0 Å². The van der Waals surface area contributed by atoms with Crippen LogP contribution in [0.25, 0.3) is 11.0 Å². The molecule has 9 nitrogen and oxygen atoms in total. The van der Waals surface area contributed by atoms with E-state index in [2.05, 4.69) is 30.9 Å². The summed E-state index contributed by atoms with van der Waals surface area (Å²) < 4.78 is 0. The second-order valence-electron chi connectivity index (χ2n) is 5.20. The molecule has 114 valence electrons. The molecule has 0 fully saturated rings. The molecule has 0 spiro atoms. The quantitative estimate of drug-likeness (QED) is 0.431. The summed E-state index contributed by atoms with van der Waals surface area (Å²) in [5.74, 6) is 6.54. The van der Waals surface area contributed by atoms with E-state index < -0.39 is 0 Å². The summed E-state index contributed by atoms with van der Waals surface area (Å²) in [4.78, 5) is 22.1. The second kappa shape index (κ2) is 6.35. The lowest BCUT2D eigenvalue weighted by Gasteiger charge is -2.19. The first-order chi connectivity index (χ1) is 10.0. The van der Waals surface area contributed by atoms with Gasteiger partial charge in [0.15, 0.2) is 5.65 Å². The third-order valence-corrected chi connectivity index (χ3v) is 2.87. The molecular weight excluding hydrogens is 272 g/mol. The summed E-state index contributed by atoms with van der Waals surface area (Å²) in [5, 5.41) is 10.3. The molecule has 2 rings (SSSR count). The van der Waals surface area contributed by atoms with Gasteiger partial charge in [0.2, 0.25) is 11.9 Å². The number of anilines is 2.